The van der Waals surface area contributed by atoms with Gasteiger partial charge in [-0.3, -0.25) is 4.79 Å². The van der Waals surface area contributed by atoms with E-state index in [1.165, 1.54) is 7.11 Å². The van der Waals surface area contributed by atoms with Crippen molar-refractivity contribution < 1.29 is 14.3 Å². The number of hydrogen-bond acceptors (Lipinski definition) is 5. The predicted molar refractivity (Wildman–Crippen MR) is 111 cm³/mol. The highest BCUT2D eigenvalue weighted by molar-refractivity contribution is 6.04. The van der Waals surface area contributed by atoms with Gasteiger partial charge in [0, 0.05) is 17.8 Å². The molecule has 0 radical (unpaired) electrons. The lowest BCUT2D eigenvalue weighted by Gasteiger charge is -2.22. The Morgan fingerprint density at radius 3 is 2.36 bits per heavy atom. The summed E-state index contributed by atoms with van der Waals surface area (Å²) >= 11 is 0. The number of benzene rings is 2. The quantitative estimate of drug-likeness (QED) is 0.656. The second kappa shape index (κ2) is 8.90. The Hall–Kier alpha value is -3.54. The minimum absolute atomic E-state index is 0.245. The summed E-state index contributed by atoms with van der Waals surface area (Å²) in [4.78, 5) is 19.1. The van der Waals surface area contributed by atoms with Gasteiger partial charge in [-0.15, -0.1) is 0 Å². The Kier molecular flexibility index (Phi) is 6.11. The first-order valence-electron chi connectivity index (χ1n) is 8.98. The first-order chi connectivity index (χ1) is 13.7. The molecule has 1 aromatic heterocycles. The smallest absolute Gasteiger partial charge is 0.255 e. The van der Waals surface area contributed by atoms with E-state index in [1.54, 1.807) is 31.5 Å². The van der Waals surface area contributed by atoms with Crippen LogP contribution in [-0.4, -0.2) is 31.7 Å². The number of aromatic nitrogens is 1. The summed E-state index contributed by atoms with van der Waals surface area (Å²) in [5, 5.41) is 2.85. The van der Waals surface area contributed by atoms with Crippen LogP contribution >= 0.6 is 0 Å². The van der Waals surface area contributed by atoms with Gasteiger partial charge in [-0.1, -0.05) is 18.2 Å². The maximum Gasteiger partial charge on any atom is 0.255 e. The van der Waals surface area contributed by atoms with Crippen molar-refractivity contribution in [2.24, 2.45) is 0 Å². The van der Waals surface area contributed by atoms with Crippen molar-refractivity contribution in [3.63, 3.8) is 0 Å². The predicted octanol–water partition coefficient (Wildman–Crippen LogP) is 4.51. The molecule has 28 heavy (non-hydrogen) atoms. The number of ether oxygens (including phenoxy) is 2. The molecule has 0 saturated carbocycles. The third kappa shape index (κ3) is 4.23. The van der Waals surface area contributed by atoms with Crippen LogP contribution in [0, 0.1) is 0 Å². The summed E-state index contributed by atoms with van der Waals surface area (Å²) < 4.78 is 10.5. The molecule has 0 saturated heterocycles. The van der Waals surface area contributed by atoms with E-state index in [0.29, 0.717) is 22.7 Å². The molecule has 2 aromatic carbocycles. The highest BCUT2D eigenvalue weighted by Gasteiger charge is 2.12. The van der Waals surface area contributed by atoms with Crippen LogP contribution in [0.15, 0.2) is 66.9 Å². The van der Waals surface area contributed by atoms with Crippen molar-refractivity contribution >= 4 is 23.1 Å². The fourth-order valence-electron chi connectivity index (χ4n) is 2.89. The fraction of sp³-hybridized carbons (Fsp3) is 0.182. The molecule has 0 unspecified atom stereocenters. The van der Waals surface area contributed by atoms with E-state index in [1.807, 2.05) is 42.5 Å². The highest BCUT2D eigenvalue weighted by atomic mass is 16.5. The molecule has 0 aliphatic carbocycles. The van der Waals surface area contributed by atoms with Gasteiger partial charge in [-0.05, 0) is 49.4 Å². The average molecular weight is 377 g/mol. The van der Waals surface area contributed by atoms with Crippen molar-refractivity contribution in [2.45, 2.75) is 6.92 Å². The van der Waals surface area contributed by atoms with Crippen molar-refractivity contribution in [2.75, 3.05) is 31.0 Å². The van der Waals surface area contributed by atoms with Gasteiger partial charge in [0.15, 0.2) is 11.5 Å². The van der Waals surface area contributed by atoms with E-state index in [0.717, 1.165) is 18.1 Å². The Morgan fingerprint density at radius 1 is 1.00 bits per heavy atom. The van der Waals surface area contributed by atoms with Crippen molar-refractivity contribution in [1.82, 2.24) is 4.98 Å². The van der Waals surface area contributed by atoms with Gasteiger partial charge in [0.2, 0.25) is 0 Å². The monoisotopic (exact) mass is 377 g/mol. The normalized spacial score (nSPS) is 10.2. The zero-order valence-corrected chi connectivity index (χ0v) is 16.2. The maximum atomic E-state index is 12.5. The summed E-state index contributed by atoms with van der Waals surface area (Å²) in [6.45, 7) is 2.86. The van der Waals surface area contributed by atoms with Gasteiger partial charge in [0.1, 0.15) is 5.82 Å². The standard InChI is InChI=1S/C22H23N3O3/c1-4-25(18-8-6-5-7-9-18)21-13-11-17(15-23-21)24-22(26)16-10-12-19(27-2)20(14-16)28-3/h5-15H,4H2,1-3H3,(H,24,26). The minimum atomic E-state index is -0.245. The van der Waals surface area contributed by atoms with Crippen LogP contribution in [0.1, 0.15) is 17.3 Å². The van der Waals surface area contributed by atoms with E-state index < -0.39 is 0 Å². The molecule has 3 rings (SSSR count). The Morgan fingerprint density at radius 2 is 1.75 bits per heavy atom. The topological polar surface area (TPSA) is 63.7 Å². The molecule has 0 atom stereocenters. The van der Waals surface area contributed by atoms with Gasteiger partial charge >= 0.3 is 0 Å². The van der Waals surface area contributed by atoms with Crippen LogP contribution in [0.25, 0.3) is 0 Å². The molecule has 1 amide bonds. The largest absolute Gasteiger partial charge is 0.493 e. The van der Waals surface area contributed by atoms with Crippen LogP contribution in [0.3, 0.4) is 0 Å². The lowest BCUT2D eigenvalue weighted by atomic mass is 10.2. The first-order valence-corrected chi connectivity index (χ1v) is 8.98. The minimum Gasteiger partial charge on any atom is -0.493 e. The zero-order valence-electron chi connectivity index (χ0n) is 16.2. The van der Waals surface area contributed by atoms with Gasteiger partial charge < -0.3 is 19.7 Å². The number of para-hydroxylation sites is 1. The number of pyridine rings is 1. The number of nitrogens with one attached hydrogen (secondary N) is 1. The lowest BCUT2D eigenvalue weighted by Crippen LogP contribution is -2.17. The van der Waals surface area contributed by atoms with Crippen molar-refractivity contribution in [3.05, 3.63) is 72.4 Å². The molecule has 0 fully saturated rings. The molecule has 3 aromatic rings. The van der Waals surface area contributed by atoms with Gasteiger partial charge in [-0.2, -0.15) is 0 Å². The number of carbonyl (C=O) groups is 1. The van der Waals surface area contributed by atoms with Crippen LogP contribution in [0.4, 0.5) is 17.2 Å². The van der Waals surface area contributed by atoms with E-state index in [-0.39, 0.29) is 5.91 Å². The van der Waals surface area contributed by atoms with Crippen molar-refractivity contribution in [1.29, 1.82) is 0 Å². The molecule has 6 nitrogen and oxygen atoms in total. The van der Waals surface area contributed by atoms with Crippen LogP contribution < -0.4 is 19.7 Å². The SMILES string of the molecule is CCN(c1ccccc1)c1ccc(NC(=O)c2ccc(OC)c(OC)c2)cn1. The summed E-state index contributed by atoms with van der Waals surface area (Å²) in [6.07, 6.45) is 1.65. The van der Waals surface area contributed by atoms with E-state index >= 15 is 0 Å². The lowest BCUT2D eigenvalue weighted by molar-refractivity contribution is 0.102. The number of hydrogen-bond donors (Lipinski definition) is 1. The van der Waals surface area contributed by atoms with Gasteiger partial charge in [-0.25, -0.2) is 4.98 Å². The van der Waals surface area contributed by atoms with Crippen LogP contribution in [-0.2, 0) is 0 Å². The molecule has 144 valence electrons. The molecule has 0 bridgehead atoms. The molecule has 0 aliphatic rings. The molecule has 0 spiro atoms. The zero-order chi connectivity index (χ0) is 19.9. The second-order valence-electron chi connectivity index (χ2n) is 6.01. The third-order valence-electron chi connectivity index (χ3n) is 4.31. The summed E-state index contributed by atoms with van der Waals surface area (Å²) in [5.41, 5.74) is 2.16. The number of anilines is 3. The molecule has 1 N–H and O–H groups in total. The maximum absolute atomic E-state index is 12.5. The number of carbonyl (C=O) groups excluding carboxylic acids is 1. The molecule has 6 heteroatoms. The summed E-state index contributed by atoms with van der Waals surface area (Å²) in [7, 11) is 3.09. The first kappa shape index (κ1) is 19.2. The fourth-order valence-corrected chi connectivity index (χ4v) is 2.89. The Labute approximate surface area is 164 Å². The van der Waals surface area contributed by atoms with Crippen LogP contribution in [0.2, 0.25) is 0 Å². The number of rotatable bonds is 7. The van der Waals surface area contributed by atoms with E-state index in [4.69, 9.17) is 9.47 Å². The van der Waals surface area contributed by atoms with E-state index in [9.17, 15) is 4.79 Å². The molecular formula is C22H23N3O3. The van der Waals surface area contributed by atoms with Gasteiger partial charge in [0.05, 0.1) is 26.1 Å². The number of methoxy groups -OCH3 is 2. The molecule has 0 aliphatic heterocycles. The highest BCUT2D eigenvalue weighted by Crippen LogP contribution is 2.28. The van der Waals surface area contributed by atoms with Crippen molar-refractivity contribution in [3.8, 4) is 11.5 Å². The Balaban J connectivity index is 1.74. The summed E-state index contributed by atoms with van der Waals surface area (Å²) in [5.74, 6) is 1.65. The summed E-state index contributed by atoms with van der Waals surface area (Å²) in [6, 6.07) is 18.8. The number of amides is 1. The second-order valence-corrected chi connectivity index (χ2v) is 6.01. The third-order valence-corrected chi connectivity index (χ3v) is 4.31. The molecule has 1 heterocycles. The van der Waals surface area contributed by atoms with Gasteiger partial charge in [0.25, 0.3) is 5.91 Å². The molecular weight excluding hydrogens is 354 g/mol. The van der Waals surface area contributed by atoms with E-state index in [2.05, 4.69) is 22.1 Å². The van der Waals surface area contributed by atoms with Crippen LogP contribution in [0.5, 0.6) is 11.5 Å². The number of nitrogens with zero attached hydrogens (tertiary/aromatic N) is 2. The average Bonchev–Trinajstić information content (AvgIpc) is 2.75. The Bertz CT molecular complexity index is 928.